The highest BCUT2D eigenvalue weighted by molar-refractivity contribution is 6.22. The van der Waals surface area contributed by atoms with E-state index in [1.54, 1.807) is 0 Å². The van der Waals surface area contributed by atoms with Crippen molar-refractivity contribution in [3.63, 3.8) is 0 Å². The van der Waals surface area contributed by atoms with E-state index in [2.05, 4.69) is 86.6 Å². The minimum atomic E-state index is 1.18. The number of hydrogen-bond donors (Lipinski definition) is 0. The Labute approximate surface area is 198 Å². The molecule has 0 spiro atoms. The smallest absolute Gasteiger partial charge is 0.00987 e. The molecule has 0 radical (unpaired) electrons. The van der Waals surface area contributed by atoms with Crippen LogP contribution in [0.1, 0.15) is 69.9 Å². The average Bonchev–Trinajstić information content (AvgIpc) is 2.86. The van der Waals surface area contributed by atoms with Gasteiger partial charge in [-0.15, -0.1) is 0 Å². The van der Waals surface area contributed by atoms with Crippen LogP contribution in [-0.4, -0.2) is 0 Å². The van der Waals surface area contributed by atoms with Crippen LogP contribution < -0.4 is 0 Å². The summed E-state index contributed by atoms with van der Waals surface area (Å²) in [6, 6.07) is 28.2. The lowest BCUT2D eigenvalue weighted by atomic mass is 9.92. The maximum Gasteiger partial charge on any atom is -0.00987 e. The summed E-state index contributed by atoms with van der Waals surface area (Å²) >= 11 is 0. The number of hydrogen-bond acceptors (Lipinski definition) is 0. The molecular formula is C33H36. The van der Waals surface area contributed by atoms with E-state index in [9.17, 15) is 0 Å². The first-order valence-corrected chi connectivity index (χ1v) is 13.1. The molecule has 0 unspecified atom stereocenters. The Morgan fingerprint density at radius 3 is 1.30 bits per heavy atom. The topological polar surface area (TPSA) is 0 Å². The van der Waals surface area contributed by atoms with Crippen LogP contribution in [-0.2, 0) is 12.8 Å². The van der Waals surface area contributed by atoms with Crippen LogP contribution in [0.15, 0.2) is 72.8 Å². The van der Waals surface area contributed by atoms with Crippen molar-refractivity contribution in [1.29, 1.82) is 0 Å². The molecule has 168 valence electrons. The number of benzene rings is 5. The summed E-state index contributed by atoms with van der Waals surface area (Å²) in [7, 11) is 0. The molecule has 0 nitrogen and oxygen atoms in total. The van der Waals surface area contributed by atoms with Gasteiger partial charge < -0.3 is 0 Å². The Balaban J connectivity index is 1.59. The molecule has 0 aliphatic rings. The molecule has 33 heavy (non-hydrogen) atoms. The molecule has 0 aliphatic heterocycles. The van der Waals surface area contributed by atoms with Gasteiger partial charge in [0.05, 0.1) is 0 Å². The van der Waals surface area contributed by atoms with Crippen LogP contribution in [0.4, 0.5) is 0 Å². The summed E-state index contributed by atoms with van der Waals surface area (Å²) < 4.78 is 0. The molecule has 0 atom stereocenters. The lowest BCUT2D eigenvalue weighted by molar-refractivity contribution is 0.667. The number of rotatable bonds is 9. The molecule has 5 aromatic carbocycles. The van der Waals surface area contributed by atoms with Gasteiger partial charge in [0.25, 0.3) is 0 Å². The number of unbranched alkanes of at least 4 members (excludes halogenated alkanes) is 5. The van der Waals surface area contributed by atoms with E-state index in [1.165, 1.54) is 112 Å². The molecule has 0 saturated carbocycles. The zero-order valence-electron chi connectivity index (χ0n) is 20.3. The van der Waals surface area contributed by atoms with E-state index < -0.39 is 0 Å². The largest absolute Gasteiger partial charge is 0.0654 e. The highest BCUT2D eigenvalue weighted by Crippen LogP contribution is 2.35. The second-order valence-corrected chi connectivity index (χ2v) is 9.77. The second kappa shape index (κ2) is 9.96. The van der Waals surface area contributed by atoms with E-state index >= 15 is 0 Å². The Morgan fingerprint density at radius 2 is 0.788 bits per heavy atom. The molecule has 0 aliphatic carbocycles. The van der Waals surface area contributed by atoms with Crippen LogP contribution in [0.25, 0.3) is 43.1 Å². The Hall–Kier alpha value is -2.86. The summed E-state index contributed by atoms with van der Waals surface area (Å²) in [5.41, 5.74) is 2.94. The van der Waals surface area contributed by atoms with E-state index in [0.717, 1.165) is 0 Å². The first-order chi connectivity index (χ1) is 16.3. The summed E-state index contributed by atoms with van der Waals surface area (Å²) in [4.78, 5) is 0. The highest BCUT2D eigenvalue weighted by atomic mass is 14.1. The minimum absolute atomic E-state index is 1.18. The first kappa shape index (κ1) is 22.0. The number of aryl methyl sites for hydroxylation is 2. The predicted molar refractivity (Wildman–Crippen MR) is 148 cm³/mol. The molecule has 5 rings (SSSR count). The monoisotopic (exact) mass is 432 g/mol. The van der Waals surface area contributed by atoms with Crippen LogP contribution in [0, 0.1) is 0 Å². The van der Waals surface area contributed by atoms with E-state index in [4.69, 9.17) is 0 Å². The van der Waals surface area contributed by atoms with Crippen LogP contribution in [0.5, 0.6) is 0 Å². The van der Waals surface area contributed by atoms with Gasteiger partial charge in [-0.05, 0) is 79.9 Å². The molecule has 0 saturated heterocycles. The van der Waals surface area contributed by atoms with Crippen molar-refractivity contribution in [3.05, 3.63) is 83.9 Å². The molecule has 0 aromatic heterocycles. The lowest BCUT2D eigenvalue weighted by Gasteiger charge is -2.12. The lowest BCUT2D eigenvalue weighted by Crippen LogP contribution is -1.89. The third kappa shape index (κ3) is 4.49. The van der Waals surface area contributed by atoms with Crippen molar-refractivity contribution in [2.24, 2.45) is 0 Å². The van der Waals surface area contributed by atoms with Crippen molar-refractivity contribution < 1.29 is 0 Å². The fourth-order valence-electron chi connectivity index (χ4n) is 5.42. The zero-order chi connectivity index (χ0) is 22.6. The SMILES string of the molecule is CCCCCCc1ccc2ccc3c(ccc4c5cc(CCCCC)ccc5ccc43)c2c1. The first-order valence-electron chi connectivity index (χ1n) is 13.1. The van der Waals surface area contributed by atoms with Crippen molar-refractivity contribution in [1.82, 2.24) is 0 Å². The normalized spacial score (nSPS) is 11.8. The van der Waals surface area contributed by atoms with Crippen LogP contribution in [0.3, 0.4) is 0 Å². The minimum Gasteiger partial charge on any atom is -0.0654 e. The molecule has 5 aromatic rings. The van der Waals surface area contributed by atoms with E-state index in [-0.39, 0.29) is 0 Å². The molecule has 0 heterocycles. The predicted octanol–water partition coefficient (Wildman–Crippen LogP) is 10.2. The van der Waals surface area contributed by atoms with Gasteiger partial charge in [-0.25, -0.2) is 0 Å². The van der Waals surface area contributed by atoms with Crippen LogP contribution in [0.2, 0.25) is 0 Å². The van der Waals surface area contributed by atoms with Gasteiger partial charge in [0.15, 0.2) is 0 Å². The summed E-state index contributed by atoms with van der Waals surface area (Å²) in [6.07, 6.45) is 11.5. The molecule has 0 fully saturated rings. The fourth-order valence-corrected chi connectivity index (χ4v) is 5.42. The van der Waals surface area contributed by atoms with Crippen molar-refractivity contribution in [2.75, 3.05) is 0 Å². The maximum atomic E-state index is 2.45. The Bertz CT molecular complexity index is 1410. The van der Waals surface area contributed by atoms with E-state index in [1.807, 2.05) is 0 Å². The van der Waals surface area contributed by atoms with Crippen molar-refractivity contribution in [2.45, 2.75) is 71.6 Å². The van der Waals surface area contributed by atoms with Gasteiger partial charge in [0.1, 0.15) is 0 Å². The zero-order valence-corrected chi connectivity index (χ0v) is 20.3. The van der Waals surface area contributed by atoms with Gasteiger partial charge in [-0.1, -0.05) is 119 Å². The van der Waals surface area contributed by atoms with Crippen molar-refractivity contribution >= 4 is 43.1 Å². The van der Waals surface area contributed by atoms with Gasteiger partial charge in [0.2, 0.25) is 0 Å². The van der Waals surface area contributed by atoms with Gasteiger partial charge >= 0.3 is 0 Å². The molecule has 0 amide bonds. The third-order valence-corrected chi connectivity index (χ3v) is 7.35. The summed E-state index contributed by atoms with van der Waals surface area (Å²) in [6.45, 7) is 4.56. The molecule has 0 heteroatoms. The maximum absolute atomic E-state index is 2.45. The average molecular weight is 433 g/mol. The third-order valence-electron chi connectivity index (χ3n) is 7.35. The Morgan fingerprint density at radius 1 is 0.394 bits per heavy atom. The number of fused-ring (bicyclic) bond motifs is 7. The van der Waals surface area contributed by atoms with Crippen molar-refractivity contribution in [3.8, 4) is 0 Å². The summed E-state index contributed by atoms with van der Waals surface area (Å²) in [5, 5.41) is 11.0. The highest BCUT2D eigenvalue weighted by Gasteiger charge is 2.09. The molecular weight excluding hydrogens is 396 g/mol. The standard InChI is InChI=1S/C33H36/c1-3-5-7-9-11-25-13-15-27-17-19-29-28-18-16-26-14-12-24(10-8-6-4-2)22-32(26)30(28)20-21-31(29)33(27)23-25/h12-23H,3-11H2,1-2H3. The van der Waals surface area contributed by atoms with Gasteiger partial charge in [0, 0.05) is 0 Å². The van der Waals surface area contributed by atoms with Crippen LogP contribution >= 0.6 is 0 Å². The fraction of sp³-hybridized carbons (Fsp3) is 0.333. The van der Waals surface area contributed by atoms with E-state index in [0.29, 0.717) is 0 Å². The Kier molecular flexibility index (Phi) is 6.63. The van der Waals surface area contributed by atoms with Gasteiger partial charge in [-0.3, -0.25) is 0 Å². The second-order valence-electron chi connectivity index (χ2n) is 9.77. The molecule has 0 N–H and O–H groups in total. The quantitative estimate of drug-likeness (QED) is 0.160. The summed E-state index contributed by atoms with van der Waals surface area (Å²) in [5.74, 6) is 0. The van der Waals surface area contributed by atoms with Gasteiger partial charge in [-0.2, -0.15) is 0 Å². The molecule has 0 bridgehead atoms.